The summed E-state index contributed by atoms with van der Waals surface area (Å²) in [5, 5.41) is 27.8. The minimum atomic E-state index is -1.60. The molecule has 388 valence electrons. The second-order valence-corrected chi connectivity index (χ2v) is 18.7. The van der Waals surface area contributed by atoms with Gasteiger partial charge in [-0.15, -0.1) is 0 Å². The summed E-state index contributed by atoms with van der Waals surface area (Å²) >= 11 is 0. The lowest BCUT2D eigenvalue weighted by Gasteiger charge is -2.34. The molecule has 0 aromatic heterocycles. The Hall–Kier alpha value is -7.18. The van der Waals surface area contributed by atoms with Crippen molar-refractivity contribution in [1.82, 2.24) is 47.0 Å². The van der Waals surface area contributed by atoms with E-state index in [2.05, 4.69) is 37.2 Å². The zero-order chi connectivity index (χ0) is 52.3. The van der Waals surface area contributed by atoms with Gasteiger partial charge in [0.2, 0.25) is 65.2 Å². The summed E-state index contributed by atoms with van der Waals surface area (Å²) in [5.74, 6) is -10.1. The number of nitrogens with one attached hydrogen (secondary N) is 7. The number of nitrogens with zero attached hydrogens (tertiary/aromatic N) is 3. The van der Waals surface area contributed by atoms with E-state index in [1.54, 1.807) is 13.8 Å². The molecule has 25 nitrogen and oxygen atoms in total. The molecule has 5 rings (SSSR count). The first kappa shape index (κ1) is 54.8. The Balaban J connectivity index is 1.52. The SMILES string of the molecule is CCCCC(NC(=O)CN(C)C(=O)C1CCC(=O)NCC(=O)NC(Cc2ccc(O)cc2)C(=O)NC(C(C)CC)C(=O)NC(CCC(N)=O)C(=O)NC2CC(=O)N3CCC4C3[N+]14C2=O)C(=O)NCC(N)=O. The minimum Gasteiger partial charge on any atom is -0.508 e. The second-order valence-electron chi connectivity index (χ2n) is 18.7. The van der Waals surface area contributed by atoms with Crippen LogP contribution >= 0.6 is 0 Å². The van der Waals surface area contributed by atoms with E-state index < -0.39 is 169 Å². The van der Waals surface area contributed by atoms with Crippen molar-refractivity contribution in [3.8, 4) is 5.75 Å². The number of nitrogens with two attached hydrogens (primary N) is 2. The highest BCUT2D eigenvalue weighted by atomic mass is 16.3. The van der Waals surface area contributed by atoms with Crippen LogP contribution in [0.3, 0.4) is 0 Å². The average molecular weight is 996 g/mol. The standard InChI is InChI=1S/C46H66N12O13/c1-5-7-8-27(40(66)50-21-34(48)61)51-37(64)23-56(4)45(70)32-14-16-35(62)49-22-36(63)52-29(19-25-9-11-26(59)12-10-25)42(68)55-39(24(3)6-2)43(69)53-28(13-15-33(47)60)41(67)54-30-20-38(65)57-18-17-31-44(57)58(31,32)46(30)71/h9-12,24,27-32,39,44H,5-8,13-23H2,1-4H3,(H11-,47,48,49,50,51,52,53,54,55,59,60,61,62,63,64,66,67,68,69)/p+1. The maximum Gasteiger partial charge on any atom is 0.339 e. The number of primary amides is 2. The molecule has 1 aromatic carbocycles. The van der Waals surface area contributed by atoms with Crippen LogP contribution < -0.4 is 48.7 Å². The molecule has 10 unspecified atom stereocenters. The molecule has 0 aliphatic carbocycles. The number of benzene rings is 1. The highest BCUT2D eigenvalue weighted by molar-refractivity contribution is 5.99. The molecular formula is C46H67N12O13+. The van der Waals surface area contributed by atoms with Crippen LogP contribution in [0.5, 0.6) is 5.75 Å². The third kappa shape index (κ3) is 13.4. The van der Waals surface area contributed by atoms with Crippen LogP contribution in [0.1, 0.15) is 90.5 Å². The van der Waals surface area contributed by atoms with Crippen LogP contribution in [0, 0.1) is 5.92 Å². The number of hydrogen-bond donors (Lipinski definition) is 10. The lowest BCUT2D eigenvalue weighted by molar-refractivity contribution is -0.778. The Morgan fingerprint density at radius 1 is 0.887 bits per heavy atom. The van der Waals surface area contributed by atoms with E-state index in [0.29, 0.717) is 24.8 Å². The van der Waals surface area contributed by atoms with Crippen molar-refractivity contribution in [1.29, 1.82) is 0 Å². The van der Waals surface area contributed by atoms with Gasteiger partial charge in [-0.25, -0.2) is 9.28 Å². The van der Waals surface area contributed by atoms with E-state index >= 15 is 4.79 Å². The number of unbranched alkanes of at least 4 members (excludes halogenated alkanes) is 1. The van der Waals surface area contributed by atoms with E-state index in [4.69, 9.17) is 11.5 Å². The maximum atomic E-state index is 15.2. The van der Waals surface area contributed by atoms with Crippen molar-refractivity contribution >= 4 is 70.9 Å². The normalized spacial score (nSPS) is 26.9. The van der Waals surface area contributed by atoms with Crippen molar-refractivity contribution in [2.24, 2.45) is 17.4 Å². The van der Waals surface area contributed by atoms with Gasteiger partial charge in [0, 0.05) is 45.7 Å². The zero-order valence-corrected chi connectivity index (χ0v) is 40.5. The lowest BCUT2D eigenvalue weighted by atomic mass is 9.96. The minimum absolute atomic E-state index is 0.0573. The van der Waals surface area contributed by atoms with Crippen LogP contribution in [0.2, 0.25) is 0 Å². The summed E-state index contributed by atoms with van der Waals surface area (Å²) in [6.45, 7) is 3.71. The molecule has 4 aliphatic rings. The number of carbonyl (C=O) groups is 12. The van der Waals surface area contributed by atoms with Gasteiger partial charge in [-0.3, -0.25) is 57.6 Å². The summed E-state index contributed by atoms with van der Waals surface area (Å²) in [5.41, 5.74) is 11.2. The molecule has 4 fully saturated rings. The number of rotatable bonds is 17. The molecule has 10 atom stereocenters. The van der Waals surface area contributed by atoms with Crippen molar-refractivity contribution in [3.63, 3.8) is 0 Å². The van der Waals surface area contributed by atoms with E-state index in [1.165, 1.54) is 36.2 Å². The first-order valence-electron chi connectivity index (χ1n) is 24.0. The summed E-state index contributed by atoms with van der Waals surface area (Å²) in [6.07, 6.45) is -1.22. The number of fused-ring (bicyclic) bond motifs is 1. The first-order chi connectivity index (χ1) is 33.6. The molecule has 12 N–H and O–H groups in total. The molecule has 12 amide bonds. The fraction of sp³-hybridized carbons (Fsp3) is 0.609. The molecule has 2 bridgehead atoms. The Morgan fingerprint density at radius 2 is 1.58 bits per heavy atom. The fourth-order valence-corrected chi connectivity index (χ4v) is 9.69. The molecule has 71 heavy (non-hydrogen) atoms. The van der Waals surface area contributed by atoms with Gasteiger partial charge < -0.3 is 58.7 Å². The third-order valence-corrected chi connectivity index (χ3v) is 13.6. The highest BCUT2D eigenvalue weighted by Crippen LogP contribution is 2.55. The van der Waals surface area contributed by atoms with Gasteiger partial charge in [0.1, 0.15) is 29.9 Å². The van der Waals surface area contributed by atoms with Crippen molar-refractivity contribution in [2.75, 3.05) is 33.2 Å². The predicted molar refractivity (Wildman–Crippen MR) is 249 cm³/mol. The Bertz CT molecular complexity index is 2260. The van der Waals surface area contributed by atoms with E-state index in [0.717, 1.165) is 4.90 Å². The van der Waals surface area contributed by atoms with Crippen molar-refractivity contribution in [3.05, 3.63) is 29.8 Å². The first-order valence-corrected chi connectivity index (χ1v) is 24.0. The Morgan fingerprint density at radius 3 is 2.23 bits per heavy atom. The van der Waals surface area contributed by atoms with E-state index in [1.807, 2.05) is 6.92 Å². The van der Waals surface area contributed by atoms with Gasteiger partial charge in [0.15, 0.2) is 18.1 Å². The van der Waals surface area contributed by atoms with Crippen LogP contribution in [0.15, 0.2) is 24.3 Å². The quantitative estimate of drug-likeness (QED) is 0.0525. The number of phenolic OH excluding ortho intramolecular Hbond substituents is 1. The number of carbonyl (C=O) groups excluding carboxylic acids is 12. The maximum absolute atomic E-state index is 15.2. The average Bonchev–Trinajstić information content (AvgIpc) is 3.75. The van der Waals surface area contributed by atoms with Crippen LogP contribution in [-0.2, 0) is 64.0 Å². The van der Waals surface area contributed by atoms with Crippen LogP contribution in [0.4, 0.5) is 0 Å². The molecule has 4 aliphatic heterocycles. The van der Waals surface area contributed by atoms with E-state index in [-0.39, 0.29) is 44.4 Å². The molecule has 4 heterocycles. The monoisotopic (exact) mass is 995 g/mol. The molecule has 1 spiro atoms. The summed E-state index contributed by atoms with van der Waals surface area (Å²) in [7, 11) is 1.28. The van der Waals surface area contributed by atoms with Gasteiger partial charge in [-0.1, -0.05) is 52.2 Å². The zero-order valence-electron chi connectivity index (χ0n) is 40.5. The predicted octanol–water partition coefficient (Wildman–Crippen LogP) is -4.11. The number of aromatic hydroxyl groups is 1. The number of hydrogen-bond acceptors (Lipinski definition) is 13. The van der Waals surface area contributed by atoms with Gasteiger partial charge in [-0.2, -0.15) is 0 Å². The Kier molecular flexibility index (Phi) is 18.6. The van der Waals surface area contributed by atoms with Crippen LogP contribution in [-0.4, -0.2) is 172 Å². The second kappa shape index (κ2) is 24.1. The number of likely N-dealkylation sites (N-methyl/N-ethyl adjacent to an activating group) is 1. The summed E-state index contributed by atoms with van der Waals surface area (Å²) in [6, 6.07) is -3.25. The molecule has 4 saturated heterocycles. The Labute approximate surface area is 410 Å². The smallest absolute Gasteiger partial charge is 0.339 e. The van der Waals surface area contributed by atoms with Gasteiger partial charge >= 0.3 is 5.91 Å². The number of amides is 12. The summed E-state index contributed by atoms with van der Waals surface area (Å²) < 4.78 is -0.705. The largest absolute Gasteiger partial charge is 0.508 e. The third-order valence-electron chi connectivity index (χ3n) is 13.6. The van der Waals surface area contributed by atoms with Gasteiger partial charge in [0.05, 0.1) is 26.1 Å². The topological polar surface area (TPSA) is 368 Å². The molecule has 0 radical (unpaired) electrons. The molecule has 0 saturated carbocycles. The number of quaternary nitrogens is 1. The van der Waals surface area contributed by atoms with E-state index in [9.17, 15) is 57.8 Å². The number of phenols is 1. The van der Waals surface area contributed by atoms with Gasteiger partial charge in [0.25, 0.3) is 5.91 Å². The van der Waals surface area contributed by atoms with Gasteiger partial charge in [-0.05, 0) is 36.5 Å². The summed E-state index contributed by atoms with van der Waals surface area (Å²) in [4.78, 5) is 166. The lowest BCUT2D eigenvalue weighted by Crippen LogP contribution is -2.63. The fourth-order valence-electron chi connectivity index (χ4n) is 9.69. The van der Waals surface area contributed by atoms with Crippen molar-refractivity contribution in [2.45, 2.75) is 140 Å². The molecular weight excluding hydrogens is 929 g/mol. The van der Waals surface area contributed by atoms with Crippen molar-refractivity contribution < 1.29 is 67.1 Å². The highest BCUT2D eigenvalue weighted by Gasteiger charge is 2.82. The van der Waals surface area contributed by atoms with Crippen LogP contribution in [0.25, 0.3) is 0 Å². The molecule has 1 aromatic rings. The molecule has 25 heteroatoms.